The van der Waals surface area contributed by atoms with Crippen LogP contribution in [-0.4, -0.2) is 37.1 Å². The maximum absolute atomic E-state index is 12.9. The average Bonchev–Trinajstić information content (AvgIpc) is 3.28. The molecule has 0 aliphatic carbocycles. The van der Waals surface area contributed by atoms with Gasteiger partial charge in [-0.1, -0.05) is 11.6 Å². The predicted molar refractivity (Wildman–Crippen MR) is 107 cm³/mol. The highest BCUT2D eigenvalue weighted by molar-refractivity contribution is 7.91. The maximum Gasteiger partial charge on any atom is 0.253 e. The summed E-state index contributed by atoms with van der Waals surface area (Å²) < 4.78 is 27.4. The van der Waals surface area contributed by atoms with Gasteiger partial charge in [-0.15, -0.1) is 22.7 Å². The third-order valence-corrected chi connectivity index (χ3v) is 9.22. The van der Waals surface area contributed by atoms with Crippen LogP contribution in [0.15, 0.2) is 16.3 Å². The summed E-state index contributed by atoms with van der Waals surface area (Å²) in [6.45, 7) is 3.84. The molecule has 3 rings (SSSR count). The lowest BCUT2D eigenvalue weighted by Gasteiger charge is -2.22. The normalized spacial score (nSPS) is 18.0. The fourth-order valence-electron chi connectivity index (χ4n) is 3.05. The summed E-state index contributed by atoms with van der Waals surface area (Å²) >= 11 is 8.06. The zero-order valence-corrected chi connectivity index (χ0v) is 17.8. The number of nitrogens with two attached hydrogens (primary N) is 1. The van der Waals surface area contributed by atoms with Crippen LogP contribution >= 0.6 is 34.3 Å². The number of rotatable bonds is 5. The van der Waals surface area contributed by atoms with Crippen LogP contribution in [0.1, 0.15) is 33.6 Å². The number of nitrogens with one attached hydrogen (secondary N) is 1. The lowest BCUT2D eigenvalue weighted by atomic mass is 10.1. The number of aryl methyl sites for hydroxylation is 1. The molecule has 0 radical (unpaired) electrons. The van der Waals surface area contributed by atoms with Crippen LogP contribution in [-0.2, 0) is 14.8 Å². The van der Waals surface area contributed by atoms with Crippen molar-refractivity contribution in [2.24, 2.45) is 5.73 Å². The second-order valence-corrected chi connectivity index (χ2v) is 11.2. The number of anilines is 1. The lowest BCUT2D eigenvalue weighted by Crippen LogP contribution is -2.43. The number of thiophene rings is 2. The molecule has 146 valence electrons. The van der Waals surface area contributed by atoms with Crippen molar-refractivity contribution in [2.45, 2.75) is 36.9 Å². The summed E-state index contributed by atoms with van der Waals surface area (Å²) in [5.41, 5.74) is 6.41. The van der Waals surface area contributed by atoms with Crippen molar-refractivity contribution in [1.82, 2.24) is 4.31 Å². The molecule has 11 heteroatoms. The Hall–Kier alpha value is -1.46. The minimum Gasteiger partial charge on any atom is -0.365 e. The van der Waals surface area contributed by atoms with E-state index < -0.39 is 27.9 Å². The number of amides is 2. The van der Waals surface area contributed by atoms with Gasteiger partial charge >= 0.3 is 0 Å². The highest BCUT2D eigenvalue weighted by Crippen LogP contribution is 2.35. The van der Waals surface area contributed by atoms with Crippen LogP contribution in [0.5, 0.6) is 0 Å². The van der Waals surface area contributed by atoms with Gasteiger partial charge < -0.3 is 11.1 Å². The van der Waals surface area contributed by atoms with E-state index in [2.05, 4.69) is 5.32 Å². The summed E-state index contributed by atoms with van der Waals surface area (Å²) in [5, 5.41) is 3.06. The summed E-state index contributed by atoms with van der Waals surface area (Å²) in [5.74, 6) is -1.10. The Labute approximate surface area is 170 Å². The highest BCUT2D eigenvalue weighted by Gasteiger charge is 2.40. The molecule has 2 amide bonds. The van der Waals surface area contributed by atoms with Gasteiger partial charge in [-0.2, -0.15) is 4.31 Å². The summed E-state index contributed by atoms with van der Waals surface area (Å²) in [6, 6.07) is 2.10. The molecule has 0 saturated carbocycles. The Bertz CT molecular complexity index is 1010. The molecule has 1 atom stereocenters. The molecule has 1 aliphatic heterocycles. The van der Waals surface area contributed by atoms with Crippen molar-refractivity contribution in [3.63, 3.8) is 0 Å². The fraction of sp³-hybridized carbons (Fsp3) is 0.375. The third-order valence-electron chi connectivity index (χ3n) is 4.49. The number of sulfonamides is 1. The van der Waals surface area contributed by atoms with Gasteiger partial charge in [0, 0.05) is 11.4 Å². The summed E-state index contributed by atoms with van der Waals surface area (Å²) in [4.78, 5) is 25.4. The van der Waals surface area contributed by atoms with Crippen LogP contribution in [0.2, 0.25) is 4.34 Å². The van der Waals surface area contributed by atoms with Gasteiger partial charge in [-0.05, 0) is 44.4 Å². The smallest absolute Gasteiger partial charge is 0.253 e. The van der Waals surface area contributed by atoms with Crippen molar-refractivity contribution >= 4 is 61.1 Å². The Morgan fingerprint density at radius 2 is 2.00 bits per heavy atom. The summed E-state index contributed by atoms with van der Waals surface area (Å²) in [7, 11) is -3.82. The minimum atomic E-state index is -3.82. The molecule has 1 unspecified atom stereocenters. The Morgan fingerprint density at radius 3 is 2.59 bits per heavy atom. The molecule has 2 aromatic heterocycles. The third kappa shape index (κ3) is 3.77. The first kappa shape index (κ1) is 20.3. The number of primary amides is 1. The van der Waals surface area contributed by atoms with Crippen LogP contribution in [0.3, 0.4) is 0 Å². The first-order valence-electron chi connectivity index (χ1n) is 8.10. The molecule has 1 aliphatic rings. The molecule has 0 aromatic carbocycles. The second-order valence-electron chi connectivity index (χ2n) is 6.17. The topological polar surface area (TPSA) is 110 Å². The van der Waals surface area contributed by atoms with Gasteiger partial charge in [0.1, 0.15) is 15.3 Å². The first-order chi connectivity index (χ1) is 12.6. The Kier molecular flexibility index (Phi) is 5.64. The quantitative estimate of drug-likeness (QED) is 0.734. The molecule has 2 aromatic rings. The second kappa shape index (κ2) is 7.51. The molecule has 3 heterocycles. The molecular weight excluding hydrogens is 430 g/mol. The molecule has 7 nitrogen and oxygen atoms in total. The van der Waals surface area contributed by atoms with Crippen LogP contribution < -0.4 is 11.1 Å². The van der Waals surface area contributed by atoms with E-state index in [1.807, 2.05) is 6.92 Å². The van der Waals surface area contributed by atoms with Crippen molar-refractivity contribution in [3.8, 4) is 0 Å². The Morgan fingerprint density at radius 1 is 1.30 bits per heavy atom. The van der Waals surface area contributed by atoms with Gasteiger partial charge in [-0.25, -0.2) is 8.42 Å². The molecule has 3 N–H and O–H groups in total. The Balaban J connectivity index is 1.87. The van der Waals surface area contributed by atoms with E-state index in [1.165, 1.54) is 27.8 Å². The predicted octanol–water partition coefficient (Wildman–Crippen LogP) is 2.97. The lowest BCUT2D eigenvalue weighted by molar-refractivity contribution is -0.119. The number of carbonyl (C=O) groups excluding carboxylic acids is 2. The number of carbonyl (C=O) groups is 2. The number of nitrogens with zero attached hydrogens (tertiary/aromatic N) is 1. The highest BCUT2D eigenvalue weighted by atomic mass is 35.5. The molecule has 1 fully saturated rings. The molecule has 0 spiro atoms. The first-order valence-corrected chi connectivity index (χ1v) is 11.6. The van der Waals surface area contributed by atoms with E-state index in [4.69, 9.17) is 17.3 Å². The van der Waals surface area contributed by atoms with E-state index in [1.54, 1.807) is 6.92 Å². The monoisotopic (exact) mass is 447 g/mol. The number of hydrogen-bond donors (Lipinski definition) is 2. The SMILES string of the molecule is Cc1sc(NC(=O)C2CCCN2S(=O)(=O)c2ccc(Cl)s2)c(C(N)=O)c1C. The number of halogens is 1. The zero-order valence-electron chi connectivity index (χ0n) is 14.6. The minimum absolute atomic E-state index is 0.104. The largest absolute Gasteiger partial charge is 0.365 e. The fourth-order valence-corrected chi connectivity index (χ4v) is 7.39. The maximum atomic E-state index is 12.9. The van der Waals surface area contributed by atoms with E-state index in [0.29, 0.717) is 27.7 Å². The standard InChI is InChI=1S/C16H18ClN3O4S3/c1-8-9(2)25-16(13(8)14(18)21)19-15(22)10-4-3-7-20(10)27(23,24)12-6-5-11(17)26-12/h5-6,10H,3-4,7H2,1-2H3,(H2,18,21)(H,19,22). The number of hydrogen-bond acceptors (Lipinski definition) is 6. The molecule has 0 bridgehead atoms. The van der Waals surface area contributed by atoms with E-state index in [-0.39, 0.29) is 16.3 Å². The zero-order chi connectivity index (χ0) is 19.9. The van der Waals surface area contributed by atoms with E-state index >= 15 is 0 Å². The van der Waals surface area contributed by atoms with Gasteiger partial charge in [0.25, 0.3) is 15.9 Å². The van der Waals surface area contributed by atoms with Gasteiger partial charge in [0.05, 0.1) is 9.90 Å². The molecule has 1 saturated heterocycles. The summed E-state index contributed by atoms with van der Waals surface area (Å²) in [6.07, 6.45) is 0.973. The van der Waals surface area contributed by atoms with Gasteiger partial charge in [0.2, 0.25) is 5.91 Å². The van der Waals surface area contributed by atoms with Crippen LogP contribution in [0.25, 0.3) is 0 Å². The average molecular weight is 448 g/mol. The molecule has 27 heavy (non-hydrogen) atoms. The van der Waals surface area contributed by atoms with Crippen LogP contribution in [0.4, 0.5) is 5.00 Å². The van der Waals surface area contributed by atoms with E-state index in [0.717, 1.165) is 16.2 Å². The van der Waals surface area contributed by atoms with Gasteiger partial charge in [0.15, 0.2) is 0 Å². The van der Waals surface area contributed by atoms with E-state index in [9.17, 15) is 18.0 Å². The van der Waals surface area contributed by atoms with Crippen molar-refractivity contribution in [1.29, 1.82) is 0 Å². The van der Waals surface area contributed by atoms with Crippen molar-refractivity contribution in [2.75, 3.05) is 11.9 Å². The van der Waals surface area contributed by atoms with Crippen molar-refractivity contribution < 1.29 is 18.0 Å². The van der Waals surface area contributed by atoms with Crippen LogP contribution in [0, 0.1) is 13.8 Å². The molecular formula is C16H18ClN3O4S3. The van der Waals surface area contributed by atoms with Crippen molar-refractivity contribution in [3.05, 3.63) is 32.5 Å². The van der Waals surface area contributed by atoms with Gasteiger partial charge in [-0.3, -0.25) is 9.59 Å².